The Morgan fingerprint density at radius 3 is 2.24 bits per heavy atom. The van der Waals surface area contributed by atoms with Gasteiger partial charge in [-0.25, -0.2) is 0 Å². The van der Waals surface area contributed by atoms with Crippen molar-refractivity contribution in [3.63, 3.8) is 0 Å². The van der Waals surface area contributed by atoms with Gasteiger partial charge < -0.3 is 10.4 Å². The van der Waals surface area contributed by atoms with Crippen LogP contribution in [-0.2, 0) is 5.54 Å². The van der Waals surface area contributed by atoms with Gasteiger partial charge in [-0.2, -0.15) is 13.2 Å². The van der Waals surface area contributed by atoms with Gasteiger partial charge in [-0.15, -0.1) is 0 Å². The lowest BCUT2D eigenvalue weighted by atomic mass is 9.93. The van der Waals surface area contributed by atoms with Crippen LogP contribution in [-0.4, -0.2) is 24.4 Å². The Morgan fingerprint density at radius 1 is 1.18 bits per heavy atom. The molecule has 1 aromatic rings. The van der Waals surface area contributed by atoms with Crippen LogP contribution >= 0.6 is 0 Å². The van der Waals surface area contributed by atoms with Crippen molar-refractivity contribution in [1.82, 2.24) is 5.32 Å². The highest BCUT2D eigenvalue weighted by Crippen LogP contribution is 2.22. The Labute approximate surface area is 98.5 Å². The molecule has 1 unspecified atom stereocenters. The summed E-state index contributed by atoms with van der Waals surface area (Å²) in [5.41, 5.74) is -0.0725. The molecule has 0 heterocycles. The van der Waals surface area contributed by atoms with Gasteiger partial charge in [0, 0.05) is 6.54 Å². The molecule has 0 saturated heterocycles. The van der Waals surface area contributed by atoms with E-state index in [0.29, 0.717) is 0 Å². The standard InChI is InChI=1S/C12H16F3NO/c1-11(9-17,10-5-3-2-4-6-10)16-8-7-12(13,14)15/h2-6,16-17H,7-9H2,1H3. The second kappa shape index (κ2) is 5.51. The summed E-state index contributed by atoms with van der Waals surface area (Å²) in [5, 5.41) is 12.1. The summed E-state index contributed by atoms with van der Waals surface area (Å²) in [4.78, 5) is 0. The monoisotopic (exact) mass is 247 g/mol. The summed E-state index contributed by atoms with van der Waals surface area (Å²) in [6.07, 6.45) is -5.09. The van der Waals surface area contributed by atoms with Crippen LogP contribution in [0.2, 0.25) is 0 Å². The summed E-state index contributed by atoms with van der Waals surface area (Å²) in [5.74, 6) is 0. The first-order valence-electron chi connectivity index (χ1n) is 5.35. The van der Waals surface area contributed by atoms with E-state index in [4.69, 9.17) is 0 Å². The van der Waals surface area contributed by atoms with Crippen molar-refractivity contribution < 1.29 is 18.3 Å². The van der Waals surface area contributed by atoms with Gasteiger partial charge in [0.05, 0.1) is 18.6 Å². The molecule has 96 valence electrons. The van der Waals surface area contributed by atoms with E-state index in [1.807, 2.05) is 6.07 Å². The molecule has 0 aromatic heterocycles. The lowest BCUT2D eigenvalue weighted by molar-refractivity contribution is -0.134. The van der Waals surface area contributed by atoms with E-state index in [1.54, 1.807) is 31.2 Å². The average Bonchev–Trinajstić information content (AvgIpc) is 2.28. The Morgan fingerprint density at radius 2 is 1.76 bits per heavy atom. The summed E-state index contributed by atoms with van der Waals surface area (Å²) < 4.78 is 36.1. The zero-order chi connectivity index (χ0) is 12.9. The van der Waals surface area contributed by atoms with E-state index < -0.39 is 18.1 Å². The molecule has 17 heavy (non-hydrogen) atoms. The number of halogens is 3. The Kier molecular flexibility index (Phi) is 4.54. The third-order valence-electron chi connectivity index (χ3n) is 2.65. The van der Waals surface area contributed by atoms with Crippen LogP contribution in [0.25, 0.3) is 0 Å². The highest BCUT2D eigenvalue weighted by molar-refractivity contribution is 5.23. The first-order chi connectivity index (χ1) is 7.87. The molecule has 1 atom stereocenters. The van der Waals surface area contributed by atoms with Gasteiger partial charge in [0.25, 0.3) is 0 Å². The molecule has 0 amide bonds. The maximum absolute atomic E-state index is 12.0. The van der Waals surface area contributed by atoms with E-state index in [-0.39, 0.29) is 13.2 Å². The highest BCUT2D eigenvalue weighted by Gasteiger charge is 2.30. The van der Waals surface area contributed by atoms with E-state index in [9.17, 15) is 18.3 Å². The fraction of sp³-hybridized carbons (Fsp3) is 0.500. The fourth-order valence-electron chi connectivity index (χ4n) is 1.54. The molecule has 0 aliphatic rings. The first-order valence-corrected chi connectivity index (χ1v) is 5.35. The van der Waals surface area contributed by atoms with Crippen molar-refractivity contribution in [2.75, 3.05) is 13.2 Å². The fourth-order valence-corrected chi connectivity index (χ4v) is 1.54. The molecule has 0 aliphatic carbocycles. The van der Waals surface area contributed by atoms with Gasteiger partial charge >= 0.3 is 6.18 Å². The van der Waals surface area contributed by atoms with Gasteiger partial charge in [0.1, 0.15) is 0 Å². The Hall–Kier alpha value is -1.07. The summed E-state index contributed by atoms with van der Waals surface area (Å²) in [6, 6.07) is 8.94. The molecule has 0 fully saturated rings. The first kappa shape index (κ1) is 14.0. The van der Waals surface area contributed by atoms with Gasteiger partial charge in [0.2, 0.25) is 0 Å². The smallest absolute Gasteiger partial charge is 0.390 e. The lowest BCUT2D eigenvalue weighted by Gasteiger charge is -2.29. The number of aliphatic hydroxyl groups is 1. The van der Waals surface area contributed by atoms with Gasteiger partial charge in [-0.3, -0.25) is 0 Å². The summed E-state index contributed by atoms with van der Waals surface area (Å²) >= 11 is 0. The van der Waals surface area contributed by atoms with Crippen LogP contribution in [0.4, 0.5) is 13.2 Å². The number of alkyl halides is 3. The maximum Gasteiger partial charge on any atom is 0.390 e. The molecular weight excluding hydrogens is 231 g/mol. The van der Waals surface area contributed by atoms with Crippen LogP contribution in [0.15, 0.2) is 30.3 Å². The minimum atomic E-state index is -4.18. The highest BCUT2D eigenvalue weighted by atomic mass is 19.4. The quantitative estimate of drug-likeness (QED) is 0.837. The molecule has 0 spiro atoms. The third-order valence-corrected chi connectivity index (χ3v) is 2.65. The van der Waals surface area contributed by atoms with Gasteiger partial charge in [0.15, 0.2) is 0 Å². The van der Waals surface area contributed by atoms with Crippen LogP contribution in [0.5, 0.6) is 0 Å². The third kappa shape index (κ3) is 4.36. The van der Waals surface area contributed by atoms with Gasteiger partial charge in [-0.1, -0.05) is 30.3 Å². The summed E-state index contributed by atoms with van der Waals surface area (Å²) in [6.45, 7) is 1.21. The predicted molar refractivity (Wildman–Crippen MR) is 59.6 cm³/mol. The summed E-state index contributed by atoms with van der Waals surface area (Å²) in [7, 11) is 0. The Bertz CT molecular complexity index is 339. The minimum Gasteiger partial charge on any atom is -0.394 e. The molecule has 0 bridgehead atoms. The van der Waals surface area contributed by atoms with Crippen LogP contribution in [0.3, 0.4) is 0 Å². The molecule has 2 nitrogen and oxygen atoms in total. The predicted octanol–water partition coefficient (Wildman–Crippen LogP) is 2.44. The molecule has 1 rings (SSSR count). The Balaban J connectivity index is 2.64. The number of hydrogen-bond donors (Lipinski definition) is 2. The minimum absolute atomic E-state index is 0.213. The van der Waals surface area contributed by atoms with Gasteiger partial charge in [-0.05, 0) is 12.5 Å². The molecule has 0 radical (unpaired) electrons. The van der Waals surface area contributed by atoms with Crippen molar-refractivity contribution >= 4 is 0 Å². The lowest BCUT2D eigenvalue weighted by Crippen LogP contribution is -2.44. The SMILES string of the molecule is CC(CO)(NCCC(F)(F)F)c1ccccc1. The van der Waals surface area contributed by atoms with E-state index in [0.717, 1.165) is 5.56 Å². The number of nitrogens with one attached hydrogen (secondary N) is 1. The number of rotatable bonds is 5. The van der Waals surface area contributed by atoms with Crippen molar-refractivity contribution in [2.45, 2.75) is 25.1 Å². The number of aliphatic hydroxyl groups excluding tert-OH is 1. The molecule has 5 heteroatoms. The molecule has 0 aliphatic heterocycles. The number of hydrogen-bond acceptors (Lipinski definition) is 2. The maximum atomic E-state index is 12.0. The molecule has 2 N–H and O–H groups in total. The molecule has 0 saturated carbocycles. The second-order valence-electron chi connectivity index (χ2n) is 4.15. The van der Waals surface area contributed by atoms with Crippen molar-refractivity contribution in [3.8, 4) is 0 Å². The molecule has 1 aromatic carbocycles. The zero-order valence-corrected chi connectivity index (χ0v) is 9.59. The normalized spacial score (nSPS) is 15.6. The average molecular weight is 247 g/mol. The second-order valence-corrected chi connectivity index (χ2v) is 4.15. The zero-order valence-electron chi connectivity index (χ0n) is 9.59. The van der Waals surface area contributed by atoms with Crippen molar-refractivity contribution in [1.29, 1.82) is 0 Å². The van der Waals surface area contributed by atoms with E-state index in [1.165, 1.54) is 0 Å². The topological polar surface area (TPSA) is 32.3 Å². The van der Waals surface area contributed by atoms with Crippen molar-refractivity contribution in [2.24, 2.45) is 0 Å². The van der Waals surface area contributed by atoms with Crippen LogP contribution < -0.4 is 5.32 Å². The largest absolute Gasteiger partial charge is 0.394 e. The van der Waals surface area contributed by atoms with Crippen LogP contribution in [0.1, 0.15) is 18.9 Å². The van der Waals surface area contributed by atoms with Crippen LogP contribution in [0, 0.1) is 0 Å². The van der Waals surface area contributed by atoms with E-state index >= 15 is 0 Å². The number of benzene rings is 1. The molecular formula is C12H16F3NO. The van der Waals surface area contributed by atoms with E-state index in [2.05, 4.69) is 5.32 Å². The van der Waals surface area contributed by atoms with Crippen molar-refractivity contribution in [3.05, 3.63) is 35.9 Å².